The van der Waals surface area contributed by atoms with Gasteiger partial charge in [0.2, 0.25) is 0 Å². The molecule has 0 aliphatic heterocycles. The number of nitrogens with two attached hydrogens (primary N) is 1. The normalized spacial score (nSPS) is 14.7. The molecule has 1 saturated carbocycles. The van der Waals surface area contributed by atoms with Crippen LogP contribution in [0.2, 0.25) is 0 Å². The first kappa shape index (κ1) is 11.7. The number of rotatable bonds is 5. The van der Waals surface area contributed by atoms with Crippen LogP contribution in [0.25, 0.3) is 0 Å². The van der Waals surface area contributed by atoms with Crippen LogP contribution in [0.1, 0.15) is 23.2 Å². The van der Waals surface area contributed by atoms with E-state index in [2.05, 4.69) is 15.2 Å². The Morgan fingerprint density at radius 2 is 2.41 bits per heavy atom. The van der Waals surface area contributed by atoms with E-state index in [9.17, 15) is 4.79 Å². The number of nitrogen functional groups attached to an aromatic ring is 1. The van der Waals surface area contributed by atoms with Crippen molar-refractivity contribution in [1.82, 2.24) is 9.78 Å². The molecule has 0 amide bonds. The fraction of sp³-hybridized carbons (Fsp3) is 0.600. The molecule has 1 heterocycles. The summed E-state index contributed by atoms with van der Waals surface area (Å²) in [6, 6.07) is 0.357. The zero-order valence-electron chi connectivity index (χ0n) is 9.64. The molecular formula is C10H16N4O3. The number of carbonyl (C=O) groups excluding carboxylic acids is 1. The SMILES string of the molecule is COC(=O)c1c(NC2CC2)nn(CCO)c1N. The predicted octanol–water partition coefficient (Wildman–Crippen LogP) is -0.182. The maximum atomic E-state index is 11.6. The van der Waals surface area contributed by atoms with Gasteiger partial charge in [0.05, 0.1) is 20.3 Å². The molecule has 7 heteroatoms. The molecule has 94 valence electrons. The highest BCUT2D eigenvalue weighted by Crippen LogP contribution is 2.29. The molecule has 0 atom stereocenters. The van der Waals surface area contributed by atoms with Crippen molar-refractivity contribution in [2.75, 3.05) is 24.8 Å². The van der Waals surface area contributed by atoms with Gasteiger partial charge in [0.25, 0.3) is 0 Å². The number of aromatic nitrogens is 2. The molecule has 0 aromatic carbocycles. The Labute approximate surface area is 98.5 Å². The number of carbonyl (C=O) groups is 1. The maximum Gasteiger partial charge on any atom is 0.345 e. The topological polar surface area (TPSA) is 102 Å². The Morgan fingerprint density at radius 3 is 2.94 bits per heavy atom. The van der Waals surface area contributed by atoms with E-state index in [4.69, 9.17) is 10.8 Å². The van der Waals surface area contributed by atoms with E-state index in [1.165, 1.54) is 11.8 Å². The molecule has 0 radical (unpaired) electrons. The number of nitrogens with zero attached hydrogens (tertiary/aromatic N) is 2. The molecular weight excluding hydrogens is 224 g/mol. The van der Waals surface area contributed by atoms with E-state index < -0.39 is 5.97 Å². The third kappa shape index (κ3) is 2.33. The van der Waals surface area contributed by atoms with Gasteiger partial charge in [0.15, 0.2) is 5.82 Å². The number of hydrogen-bond acceptors (Lipinski definition) is 6. The molecule has 2 rings (SSSR count). The summed E-state index contributed by atoms with van der Waals surface area (Å²) >= 11 is 0. The van der Waals surface area contributed by atoms with E-state index in [1.807, 2.05) is 0 Å². The fourth-order valence-corrected chi connectivity index (χ4v) is 1.57. The van der Waals surface area contributed by atoms with E-state index in [0.717, 1.165) is 12.8 Å². The van der Waals surface area contributed by atoms with Crippen LogP contribution >= 0.6 is 0 Å². The largest absolute Gasteiger partial charge is 0.465 e. The first-order chi connectivity index (χ1) is 8.17. The summed E-state index contributed by atoms with van der Waals surface area (Å²) in [6.07, 6.45) is 2.13. The monoisotopic (exact) mass is 240 g/mol. The smallest absolute Gasteiger partial charge is 0.345 e. The third-order valence-electron chi connectivity index (χ3n) is 2.61. The van der Waals surface area contributed by atoms with Crippen LogP contribution in [0.15, 0.2) is 0 Å². The minimum Gasteiger partial charge on any atom is -0.465 e. The molecule has 1 aliphatic rings. The van der Waals surface area contributed by atoms with E-state index in [0.29, 0.717) is 11.9 Å². The van der Waals surface area contributed by atoms with Crippen LogP contribution in [0, 0.1) is 0 Å². The van der Waals surface area contributed by atoms with Gasteiger partial charge in [-0.1, -0.05) is 0 Å². The lowest BCUT2D eigenvalue weighted by Crippen LogP contribution is -2.11. The summed E-state index contributed by atoms with van der Waals surface area (Å²) in [6.45, 7) is 0.164. The second-order valence-corrected chi connectivity index (χ2v) is 3.97. The first-order valence-electron chi connectivity index (χ1n) is 5.49. The second-order valence-electron chi connectivity index (χ2n) is 3.97. The highest BCUT2D eigenvalue weighted by molar-refractivity contribution is 5.99. The van der Waals surface area contributed by atoms with Gasteiger partial charge >= 0.3 is 5.97 Å². The molecule has 7 nitrogen and oxygen atoms in total. The maximum absolute atomic E-state index is 11.6. The quantitative estimate of drug-likeness (QED) is 0.617. The predicted molar refractivity (Wildman–Crippen MR) is 61.7 cm³/mol. The summed E-state index contributed by atoms with van der Waals surface area (Å²) < 4.78 is 6.08. The Balaban J connectivity index is 2.32. The zero-order valence-corrected chi connectivity index (χ0v) is 9.64. The fourth-order valence-electron chi connectivity index (χ4n) is 1.57. The van der Waals surface area contributed by atoms with Crippen molar-refractivity contribution in [3.05, 3.63) is 5.56 Å². The van der Waals surface area contributed by atoms with Crippen LogP contribution in [0.5, 0.6) is 0 Å². The van der Waals surface area contributed by atoms with Gasteiger partial charge in [0.1, 0.15) is 11.4 Å². The number of esters is 1. The average Bonchev–Trinajstić information content (AvgIpc) is 3.06. The van der Waals surface area contributed by atoms with Gasteiger partial charge in [-0.25, -0.2) is 9.48 Å². The van der Waals surface area contributed by atoms with Gasteiger partial charge < -0.3 is 20.9 Å². The highest BCUT2D eigenvalue weighted by atomic mass is 16.5. The van der Waals surface area contributed by atoms with Gasteiger partial charge in [-0.3, -0.25) is 0 Å². The highest BCUT2D eigenvalue weighted by Gasteiger charge is 2.28. The number of hydrogen-bond donors (Lipinski definition) is 3. The second kappa shape index (κ2) is 4.62. The molecule has 0 saturated heterocycles. The van der Waals surface area contributed by atoms with Gasteiger partial charge in [-0.05, 0) is 12.8 Å². The summed E-state index contributed by atoms with van der Waals surface area (Å²) in [7, 11) is 1.30. The van der Waals surface area contributed by atoms with Crippen LogP contribution in [-0.2, 0) is 11.3 Å². The Kier molecular flexibility index (Phi) is 3.19. The number of aliphatic hydroxyl groups excluding tert-OH is 1. The summed E-state index contributed by atoms with van der Waals surface area (Å²) in [4.78, 5) is 11.6. The summed E-state index contributed by atoms with van der Waals surface area (Å²) in [5, 5.41) is 16.2. The average molecular weight is 240 g/mol. The van der Waals surface area contributed by atoms with Gasteiger partial charge in [-0.15, -0.1) is 0 Å². The molecule has 1 aromatic heterocycles. The molecule has 0 unspecified atom stereocenters. The number of aliphatic hydroxyl groups is 1. The Morgan fingerprint density at radius 1 is 1.71 bits per heavy atom. The summed E-state index contributed by atoms with van der Waals surface area (Å²) in [5.74, 6) is 0.134. The van der Waals surface area contributed by atoms with E-state index in [1.54, 1.807) is 0 Å². The van der Waals surface area contributed by atoms with Crippen molar-refractivity contribution in [1.29, 1.82) is 0 Å². The third-order valence-corrected chi connectivity index (χ3v) is 2.61. The van der Waals surface area contributed by atoms with Crippen molar-refractivity contribution in [2.24, 2.45) is 0 Å². The van der Waals surface area contributed by atoms with Crippen molar-refractivity contribution in [2.45, 2.75) is 25.4 Å². The zero-order chi connectivity index (χ0) is 12.4. The van der Waals surface area contributed by atoms with Gasteiger partial charge in [-0.2, -0.15) is 5.10 Å². The summed E-state index contributed by atoms with van der Waals surface area (Å²) in [5.41, 5.74) is 6.05. The lowest BCUT2D eigenvalue weighted by atomic mass is 10.3. The molecule has 4 N–H and O–H groups in total. The van der Waals surface area contributed by atoms with Crippen LogP contribution in [-0.4, -0.2) is 40.6 Å². The van der Waals surface area contributed by atoms with Crippen LogP contribution < -0.4 is 11.1 Å². The Bertz CT molecular complexity index is 425. The number of methoxy groups -OCH3 is 1. The van der Waals surface area contributed by atoms with Gasteiger partial charge in [0, 0.05) is 6.04 Å². The molecule has 1 fully saturated rings. The van der Waals surface area contributed by atoms with Crippen molar-refractivity contribution < 1.29 is 14.6 Å². The van der Waals surface area contributed by atoms with Crippen LogP contribution in [0.4, 0.5) is 11.6 Å². The Hall–Kier alpha value is -1.76. The molecule has 1 aliphatic carbocycles. The van der Waals surface area contributed by atoms with Crippen molar-refractivity contribution in [3.8, 4) is 0 Å². The molecule has 17 heavy (non-hydrogen) atoms. The molecule has 0 spiro atoms. The van der Waals surface area contributed by atoms with Crippen LogP contribution in [0.3, 0.4) is 0 Å². The molecule has 0 bridgehead atoms. The molecule has 1 aromatic rings. The minimum atomic E-state index is -0.519. The first-order valence-corrected chi connectivity index (χ1v) is 5.49. The van der Waals surface area contributed by atoms with E-state index in [-0.39, 0.29) is 24.5 Å². The number of ether oxygens (including phenoxy) is 1. The lowest BCUT2D eigenvalue weighted by molar-refractivity contribution is 0.0603. The van der Waals surface area contributed by atoms with Crippen molar-refractivity contribution in [3.63, 3.8) is 0 Å². The number of nitrogens with one attached hydrogen (secondary N) is 1. The van der Waals surface area contributed by atoms with E-state index >= 15 is 0 Å². The van der Waals surface area contributed by atoms with Crippen molar-refractivity contribution >= 4 is 17.6 Å². The lowest BCUT2D eigenvalue weighted by Gasteiger charge is -2.02. The number of anilines is 2. The standard InChI is InChI=1S/C10H16N4O3/c1-17-10(16)7-8(11)14(4-5-15)13-9(7)12-6-2-3-6/h6,15H,2-5,11H2,1H3,(H,12,13). The minimum absolute atomic E-state index is 0.0879.